The number of methoxy groups -OCH3 is 2. The smallest absolute Gasteiger partial charge is 0.161 e. The number of benzene rings is 1. The molecule has 0 aliphatic carbocycles. The van der Waals surface area contributed by atoms with Crippen molar-refractivity contribution in [1.82, 2.24) is 9.97 Å². The number of imidazole rings is 1. The van der Waals surface area contributed by atoms with E-state index in [-0.39, 0.29) is 0 Å². The summed E-state index contributed by atoms with van der Waals surface area (Å²) in [5.74, 6) is 2.29. The highest BCUT2D eigenvalue weighted by molar-refractivity contribution is 9.10. The molecule has 1 heterocycles. The van der Waals surface area contributed by atoms with E-state index in [1.807, 2.05) is 26.0 Å². The van der Waals surface area contributed by atoms with Gasteiger partial charge < -0.3 is 14.5 Å². The van der Waals surface area contributed by atoms with Crippen LogP contribution >= 0.6 is 15.9 Å². The molecule has 0 spiro atoms. The molecule has 0 aliphatic heterocycles. The maximum absolute atomic E-state index is 5.32. The van der Waals surface area contributed by atoms with Crippen molar-refractivity contribution in [3.63, 3.8) is 0 Å². The zero-order chi connectivity index (χ0) is 13.3. The molecule has 1 aromatic heterocycles. The Hall–Kier alpha value is -1.49. The second-order valence-corrected chi connectivity index (χ2v) is 4.80. The number of aromatic nitrogens is 2. The number of hydrogen-bond acceptors (Lipinski definition) is 3. The number of nitrogens with one attached hydrogen (secondary N) is 1. The first-order chi connectivity index (χ1) is 8.56. The molecule has 0 saturated heterocycles. The normalized spacial score (nSPS) is 10.5. The number of rotatable bonds is 3. The SMILES string of the molecule is COc1cc(C)c(-c2nc(C)[nH]c2Br)cc1OC. The third-order valence-electron chi connectivity index (χ3n) is 2.76. The zero-order valence-corrected chi connectivity index (χ0v) is 12.4. The average Bonchev–Trinajstić information content (AvgIpc) is 2.68. The van der Waals surface area contributed by atoms with Crippen LogP contribution in [-0.2, 0) is 0 Å². The molecule has 0 saturated carbocycles. The summed E-state index contributed by atoms with van der Waals surface area (Å²) in [6.45, 7) is 3.94. The molecule has 0 atom stereocenters. The van der Waals surface area contributed by atoms with E-state index in [0.717, 1.165) is 33.0 Å². The quantitative estimate of drug-likeness (QED) is 0.944. The molecule has 96 valence electrons. The number of halogens is 1. The molecule has 5 heteroatoms. The molecule has 4 nitrogen and oxygen atoms in total. The van der Waals surface area contributed by atoms with Crippen LogP contribution in [0.2, 0.25) is 0 Å². The highest BCUT2D eigenvalue weighted by Crippen LogP contribution is 2.36. The van der Waals surface area contributed by atoms with E-state index in [9.17, 15) is 0 Å². The molecule has 0 radical (unpaired) electrons. The van der Waals surface area contributed by atoms with Crippen molar-refractivity contribution in [3.05, 3.63) is 28.1 Å². The number of H-pyrrole nitrogens is 1. The van der Waals surface area contributed by atoms with Gasteiger partial charge in [-0.05, 0) is 47.5 Å². The number of ether oxygens (including phenoxy) is 2. The second kappa shape index (κ2) is 5.02. The molecule has 1 aromatic carbocycles. The van der Waals surface area contributed by atoms with Gasteiger partial charge in [-0.3, -0.25) is 0 Å². The molecule has 0 aliphatic rings. The third-order valence-corrected chi connectivity index (χ3v) is 3.34. The van der Waals surface area contributed by atoms with Crippen LogP contribution in [0.3, 0.4) is 0 Å². The summed E-state index contributed by atoms with van der Waals surface area (Å²) >= 11 is 3.48. The fourth-order valence-electron chi connectivity index (χ4n) is 1.88. The Morgan fingerprint density at radius 2 is 1.72 bits per heavy atom. The Morgan fingerprint density at radius 1 is 1.11 bits per heavy atom. The van der Waals surface area contributed by atoms with Gasteiger partial charge in [-0.25, -0.2) is 4.98 Å². The largest absolute Gasteiger partial charge is 0.493 e. The Kier molecular flexibility index (Phi) is 3.61. The Balaban J connectivity index is 2.61. The standard InChI is InChI=1S/C13H15BrN2O2/c1-7-5-10(17-3)11(18-4)6-9(7)12-13(14)16-8(2)15-12/h5-6H,1-4H3,(H,15,16). The maximum atomic E-state index is 5.32. The Morgan fingerprint density at radius 3 is 2.22 bits per heavy atom. The van der Waals surface area contributed by atoms with Crippen molar-refractivity contribution in [2.24, 2.45) is 0 Å². The average molecular weight is 311 g/mol. The first-order valence-electron chi connectivity index (χ1n) is 5.52. The van der Waals surface area contributed by atoms with Crippen molar-refractivity contribution in [3.8, 4) is 22.8 Å². The van der Waals surface area contributed by atoms with E-state index >= 15 is 0 Å². The third kappa shape index (κ3) is 2.22. The minimum absolute atomic E-state index is 0.700. The molecule has 18 heavy (non-hydrogen) atoms. The van der Waals surface area contributed by atoms with E-state index in [0.29, 0.717) is 5.75 Å². The van der Waals surface area contributed by atoms with Gasteiger partial charge in [-0.1, -0.05) is 0 Å². The van der Waals surface area contributed by atoms with Gasteiger partial charge in [0.05, 0.1) is 14.2 Å². The molecule has 0 unspecified atom stereocenters. The van der Waals surface area contributed by atoms with Gasteiger partial charge in [0, 0.05) is 5.56 Å². The van der Waals surface area contributed by atoms with Crippen molar-refractivity contribution in [2.75, 3.05) is 14.2 Å². The van der Waals surface area contributed by atoms with Gasteiger partial charge >= 0.3 is 0 Å². The van der Waals surface area contributed by atoms with E-state index in [1.165, 1.54) is 0 Å². The summed E-state index contributed by atoms with van der Waals surface area (Å²) in [6.07, 6.45) is 0. The van der Waals surface area contributed by atoms with Crippen LogP contribution in [0, 0.1) is 13.8 Å². The molecular formula is C13H15BrN2O2. The molecule has 1 N–H and O–H groups in total. The molecule has 0 bridgehead atoms. The topological polar surface area (TPSA) is 47.1 Å². The first kappa shape index (κ1) is 13.0. The lowest BCUT2D eigenvalue weighted by atomic mass is 10.1. The summed E-state index contributed by atoms with van der Waals surface area (Å²) in [7, 11) is 3.26. The Bertz CT molecular complexity index is 579. The lowest BCUT2D eigenvalue weighted by Crippen LogP contribution is -1.94. The molecule has 0 amide bonds. The van der Waals surface area contributed by atoms with Gasteiger partial charge in [-0.2, -0.15) is 0 Å². The monoisotopic (exact) mass is 310 g/mol. The predicted molar refractivity (Wildman–Crippen MR) is 74.3 cm³/mol. The molecule has 2 aromatic rings. The van der Waals surface area contributed by atoms with Crippen LogP contribution < -0.4 is 9.47 Å². The van der Waals surface area contributed by atoms with E-state index in [1.54, 1.807) is 14.2 Å². The van der Waals surface area contributed by atoms with E-state index < -0.39 is 0 Å². The highest BCUT2D eigenvalue weighted by Gasteiger charge is 2.15. The number of aromatic amines is 1. The number of hydrogen-bond donors (Lipinski definition) is 1. The van der Waals surface area contributed by atoms with E-state index in [4.69, 9.17) is 9.47 Å². The predicted octanol–water partition coefficient (Wildman–Crippen LogP) is 3.47. The van der Waals surface area contributed by atoms with Crippen LogP contribution in [0.5, 0.6) is 11.5 Å². The van der Waals surface area contributed by atoms with Crippen molar-refractivity contribution >= 4 is 15.9 Å². The van der Waals surface area contributed by atoms with Crippen molar-refractivity contribution in [2.45, 2.75) is 13.8 Å². The lowest BCUT2D eigenvalue weighted by Gasteiger charge is -2.11. The van der Waals surface area contributed by atoms with Crippen LogP contribution in [-0.4, -0.2) is 24.2 Å². The highest BCUT2D eigenvalue weighted by atomic mass is 79.9. The van der Waals surface area contributed by atoms with Crippen molar-refractivity contribution in [1.29, 1.82) is 0 Å². The molecule has 0 fully saturated rings. The van der Waals surface area contributed by atoms with Gasteiger partial charge in [0.2, 0.25) is 0 Å². The van der Waals surface area contributed by atoms with Gasteiger partial charge in [-0.15, -0.1) is 0 Å². The second-order valence-electron chi connectivity index (χ2n) is 4.01. The fraction of sp³-hybridized carbons (Fsp3) is 0.308. The summed E-state index contributed by atoms with van der Waals surface area (Å²) in [6, 6.07) is 3.89. The molecular weight excluding hydrogens is 296 g/mol. The van der Waals surface area contributed by atoms with Gasteiger partial charge in [0.25, 0.3) is 0 Å². The summed E-state index contributed by atoms with van der Waals surface area (Å²) in [5.41, 5.74) is 2.98. The minimum atomic E-state index is 0.700. The Labute approximate surface area is 114 Å². The summed E-state index contributed by atoms with van der Waals surface area (Å²) in [4.78, 5) is 7.61. The molecule has 2 rings (SSSR count). The minimum Gasteiger partial charge on any atom is -0.493 e. The first-order valence-corrected chi connectivity index (χ1v) is 6.31. The van der Waals surface area contributed by atoms with Gasteiger partial charge in [0.1, 0.15) is 16.1 Å². The van der Waals surface area contributed by atoms with Crippen LogP contribution in [0.15, 0.2) is 16.7 Å². The van der Waals surface area contributed by atoms with Crippen LogP contribution in [0.25, 0.3) is 11.3 Å². The van der Waals surface area contributed by atoms with Crippen molar-refractivity contribution < 1.29 is 9.47 Å². The van der Waals surface area contributed by atoms with Gasteiger partial charge in [0.15, 0.2) is 11.5 Å². The summed E-state index contributed by atoms with van der Waals surface area (Å²) < 4.78 is 11.5. The fourth-order valence-corrected chi connectivity index (χ4v) is 2.47. The zero-order valence-electron chi connectivity index (χ0n) is 10.8. The maximum Gasteiger partial charge on any atom is 0.161 e. The number of aryl methyl sites for hydroxylation is 2. The van der Waals surface area contributed by atoms with Crippen LogP contribution in [0.1, 0.15) is 11.4 Å². The number of nitrogens with zero attached hydrogens (tertiary/aromatic N) is 1. The van der Waals surface area contributed by atoms with Crippen LogP contribution in [0.4, 0.5) is 0 Å². The van der Waals surface area contributed by atoms with E-state index in [2.05, 4.69) is 25.9 Å². The lowest BCUT2D eigenvalue weighted by molar-refractivity contribution is 0.355. The summed E-state index contributed by atoms with van der Waals surface area (Å²) in [5, 5.41) is 0.